The first kappa shape index (κ1) is 14.5. The second-order valence-electron chi connectivity index (χ2n) is 4.88. The third kappa shape index (κ3) is 5.04. The molecular weight excluding hydrogens is 216 g/mol. The zero-order valence-corrected chi connectivity index (χ0v) is 11.1. The second-order valence-corrected chi connectivity index (χ2v) is 4.88. The molecule has 1 amide bonds. The summed E-state index contributed by atoms with van der Waals surface area (Å²) in [4.78, 5) is 13.7. The van der Waals surface area contributed by atoms with Crippen LogP contribution in [-0.4, -0.2) is 48.2 Å². The number of nitrogens with one attached hydrogen (secondary N) is 1. The normalized spacial score (nSPS) is 18.6. The molecule has 1 aliphatic carbocycles. The Hall–Kier alpha value is -0.610. The fourth-order valence-corrected chi connectivity index (χ4v) is 2.43. The lowest BCUT2D eigenvalue weighted by Gasteiger charge is -2.20. The first-order valence-corrected chi connectivity index (χ1v) is 6.84. The molecule has 2 N–H and O–H groups in total. The molecule has 1 saturated carbocycles. The summed E-state index contributed by atoms with van der Waals surface area (Å²) in [6.45, 7) is 6.70. The van der Waals surface area contributed by atoms with E-state index in [1.165, 1.54) is 12.8 Å². The Labute approximate surface area is 104 Å². The Morgan fingerprint density at radius 1 is 1.35 bits per heavy atom. The van der Waals surface area contributed by atoms with Crippen LogP contribution in [0.25, 0.3) is 0 Å². The molecule has 1 fully saturated rings. The van der Waals surface area contributed by atoms with Crippen molar-refractivity contribution >= 4 is 5.91 Å². The monoisotopic (exact) mass is 242 g/mol. The predicted octanol–water partition coefficient (Wildman–Crippen LogP) is 0.995. The van der Waals surface area contributed by atoms with Gasteiger partial charge < -0.3 is 10.4 Å². The first-order valence-electron chi connectivity index (χ1n) is 6.84. The van der Waals surface area contributed by atoms with Gasteiger partial charge in [0.2, 0.25) is 5.91 Å². The van der Waals surface area contributed by atoms with Gasteiger partial charge in [0.25, 0.3) is 0 Å². The molecule has 1 aliphatic rings. The van der Waals surface area contributed by atoms with Gasteiger partial charge in [-0.3, -0.25) is 9.69 Å². The Kier molecular flexibility index (Phi) is 6.52. The molecule has 0 aromatic carbocycles. The van der Waals surface area contributed by atoms with Crippen LogP contribution in [0, 0.1) is 5.92 Å². The van der Waals surface area contributed by atoms with Crippen molar-refractivity contribution < 1.29 is 9.90 Å². The van der Waals surface area contributed by atoms with E-state index in [0.717, 1.165) is 25.9 Å². The molecule has 0 aromatic rings. The number of rotatable bonds is 7. The highest BCUT2D eigenvalue weighted by atomic mass is 16.3. The molecule has 100 valence electrons. The maximum absolute atomic E-state index is 11.6. The molecule has 0 saturated heterocycles. The minimum Gasteiger partial charge on any atom is -0.391 e. The fraction of sp³-hybridized carbons (Fsp3) is 0.923. The van der Waals surface area contributed by atoms with Gasteiger partial charge in [-0.15, -0.1) is 0 Å². The van der Waals surface area contributed by atoms with Crippen molar-refractivity contribution in [1.29, 1.82) is 0 Å². The van der Waals surface area contributed by atoms with Crippen LogP contribution in [0.5, 0.6) is 0 Å². The largest absolute Gasteiger partial charge is 0.391 e. The van der Waals surface area contributed by atoms with Gasteiger partial charge in [0.1, 0.15) is 0 Å². The lowest BCUT2D eigenvalue weighted by atomic mass is 10.0. The number of hydrogen-bond donors (Lipinski definition) is 2. The number of hydrogen-bond acceptors (Lipinski definition) is 3. The molecule has 1 rings (SSSR count). The Morgan fingerprint density at radius 3 is 2.47 bits per heavy atom. The quantitative estimate of drug-likeness (QED) is 0.700. The topological polar surface area (TPSA) is 52.6 Å². The first-order chi connectivity index (χ1) is 8.17. The van der Waals surface area contributed by atoms with Crippen LogP contribution in [0.4, 0.5) is 0 Å². The van der Waals surface area contributed by atoms with Crippen molar-refractivity contribution in [2.45, 2.75) is 45.6 Å². The number of likely N-dealkylation sites (N-methyl/N-ethyl adjacent to an activating group) is 1. The lowest BCUT2D eigenvalue weighted by molar-refractivity contribution is -0.122. The zero-order chi connectivity index (χ0) is 12.7. The van der Waals surface area contributed by atoms with Crippen molar-refractivity contribution in [3.05, 3.63) is 0 Å². The van der Waals surface area contributed by atoms with Gasteiger partial charge in [-0.25, -0.2) is 0 Å². The van der Waals surface area contributed by atoms with E-state index in [-0.39, 0.29) is 12.0 Å². The summed E-state index contributed by atoms with van der Waals surface area (Å²) in [5, 5.41) is 12.7. The highest BCUT2D eigenvalue weighted by Crippen LogP contribution is 2.27. The number of amides is 1. The van der Waals surface area contributed by atoms with Crippen LogP contribution in [-0.2, 0) is 4.79 Å². The Balaban J connectivity index is 2.18. The number of aliphatic hydroxyl groups excluding tert-OH is 1. The fourth-order valence-electron chi connectivity index (χ4n) is 2.43. The molecule has 1 atom stereocenters. The lowest BCUT2D eigenvalue weighted by Crippen LogP contribution is -2.41. The number of nitrogens with zero attached hydrogens (tertiary/aromatic N) is 1. The van der Waals surface area contributed by atoms with Crippen LogP contribution in [0.3, 0.4) is 0 Å². The molecular formula is C13H26N2O2. The standard InChI is InChI=1S/C13H26N2O2/c1-3-15(4-2)10-13(17)14-9-12(16)11-7-5-6-8-11/h11-12,16H,3-10H2,1-2H3,(H,14,17). The number of carbonyl (C=O) groups excluding carboxylic acids is 1. The summed E-state index contributed by atoms with van der Waals surface area (Å²) in [5.74, 6) is 0.412. The van der Waals surface area contributed by atoms with Crippen molar-refractivity contribution in [2.24, 2.45) is 5.92 Å². The van der Waals surface area contributed by atoms with E-state index in [9.17, 15) is 9.90 Å². The number of carbonyl (C=O) groups is 1. The van der Waals surface area contributed by atoms with Crippen molar-refractivity contribution in [1.82, 2.24) is 10.2 Å². The summed E-state index contributed by atoms with van der Waals surface area (Å²) in [6, 6.07) is 0. The third-order valence-corrected chi connectivity index (χ3v) is 3.71. The molecule has 0 radical (unpaired) electrons. The highest BCUT2D eigenvalue weighted by Gasteiger charge is 2.23. The van der Waals surface area contributed by atoms with Crippen molar-refractivity contribution in [2.75, 3.05) is 26.2 Å². The maximum atomic E-state index is 11.6. The summed E-state index contributed by atoms with van der Waals surface area (Å²) < 4.78 is 0. The third-order valence-electron chi connectivity index (χ3n) is 3.71. The van der Waals surface area contributed by atoms with Gasteiger partial charge in [-0.1, -0.05) is 26.7 Å². The van der Waals surface area contributed by atoms with Gasteiger partial charge >= 0.3 is 0 Å². The van der Waals surface area contributed by atoms with E-state index >= 15 is 0 Å². The average Bonchev–Trinajstić information content (AvgIpc) is 2.86. The molecule has 0 bridgehead atoms. The summed E-state index contributed by atoms with van der Waals surface area (Å²) in [6.07, 6.45) is 4.28. The van der Waals surface area contributed by atoms with Crippen LogP contribution in [0.2, 0.25) is 0 Å². The van der Waals surface area contributed by atoms with Crippen LogP contribution in [0.15, 0.2) is 0 Å². The smallest absolute Gasteiger partial charge is 0.234 e. The van der Waals surface area contributed by atoms with Gasteiger partial charge in [-0.05, 0) is 31.8 Å². The molecule has 4 nitrogen and oxygen atoms in total. The van der Waals surface area contributed by atoms with Crippen molar-refractivity contribution in [3.8, 4) is 0 Å². The van der Waals surface area contributed by atoms with Gasteiger partial charge in [0.05, 0.1) is 12.6 Å². The minimum atomic E-state index is -0.363. The highest BCUT2D eigenvalue weighted by molar-refractivity contribution is 5.78. The van der Waals surface area contributed by atoms with Crippen molar-refractivity contribution in [3.63, 3.8) is 0 Å². The zero-order valence-electron chi connectivity index (χ0n) is 11.1. The predicted molar refractivity (Wildman–Crippen MR) is 68.8 cm³/mol. The van der Waals surface area contributed by atoms with Gasteiger partial charge in [0, 0.05) is 6.54 Å². The number of aliphatic hydroxyl groups is 1. The molecule has 17 heavy (non-hydrogen) atoms. The summed E-state index contributed by atoms with van der Waals surface area (Å²) in [7, 11) is 0. The van der Waals surface area contributed by atoms with Crippen LogP contribution in [0.1, 0.15) is 39.5 Å². The molecule has 1 unspecified atom stereocenters. The molecule has 0 aromatic heterocycles. The second kappa shape index (κ2) is 7.67. The van der Waals surface area contributed by atoms with Gasteiger partial charge in [-0.2, -0.15) is 0 Å². The molecule has 0 spiro atoms. The van der Waals surface area contributed by atoms with Crippen LogP contribution >= 0.6 is 0 Å². The van der Waals surface area contributed by atoms with E-state index in [0.29, 0.717) is 19.0 Å². The minimum absolute atomic E-state index is 0.0192. The SMILES string of the molecule is CCN(CC)CC(=O)NCC(O)C1CCCC1. The maximum Gasteiger partial charge on any atom is 0.234 e. The van der Waals surface area contributed by atoms with Gasteiger partial charge in [0.15, 0.2) is 0 Å². The Bertz CT molecular complexity index is 223. The Morgan fingerprint density at radius 2 is 1.94 bits per heavy atom. The summed E-state index contributed by atoms with van der Waals surface area (Å²) in [5.41, 5.74) is 0. The van der Waals surface area contributed by atoms with Crippen LogP contribution < -0.4 is 5.32 Å². The van der Waals surface area contributed by atoms with E-state index in [1.807, 2.05) is 13.8 Å². The molecule has 0 heterocycles. The van der Waals surface area contributed by atoms with E-state index < -0.39 is 0 Å². The molecule has 4 heteroatoms. The summed E-state index contributed by atoms with van der Waals surface area (Å²) >= 11 is 0. The van der Waals surface area contributed by atoms with E-state index in [4.69, 9.17) is 0 Å². The van der Waals surface area contributed by atoms with E-state index in [1.54, 1.807) is 0 Å². The molecule has 0 aliphatic heterocycles. The average molecular weight is 242 g/mol. The van der Waals surface area contributed by atoms with E-state index in [2.05, 4.69) is 10.2 Å².